The first-order valence-corrected chi connectivity index (χ1v) is 7.16. The van der Waals surface area contributed by atoms with Crippen molar-refractivity contribution in [1.29, 1.82) is 0 Å². The molecule has 1 unspecified atom stereocenters. The van der Waals surface area contributed by atoms with Gasteiger partial charge in [0.05, 0.1) is 6.10 Å². The molecule has 1 aliphatic rings. The van der Waals surface area contributed by atoms with E-state index in [1.165, 1.54) is 5.69 Å². The summed E-state index contributed by atoms with van der Waals surface area (Å²) in [6, 6.07) is 2.10. The van der Waals surface area contributed by atoms with Crippen LogP contribution in [0.1, 0.15) is 51.5 Å². The van der Waals surface area contributed by atoms with Gasteiger partial charge in [0, 0.05) is 29.5 Å². The minimum Gasteiger partial charge on any atom is -0.388 e. The van der Waals surface area contributed by atoms with Gasteiger partial charge >= 0.3 is 0 Å². The molecule has 0 saturated heterocycles. The molecule has 3 nitrogen and oxygen atoms in total. The standard InChI is InChI=1S/C16H28N2O/c1-15(2)9-13-12(14(19)10-15)7-8-18(13)11-16(3,4)17(5)6/h7-8,14,19H,9-11H2,1-6H3. The van der Waals surface area contributed by atoms with E-state index in [-0.39, 0.29) is 17.1 Å². The lowest BCUT2D eigenvalue weighted by atomic mass is 9.75. The molecule has 1 atom stereocenters. The molecule has 0 spiro atoms. The third-order valence-corrected chi connectivity index (χ3v) is 4.63. The van der Waals surface area contributed by atoms with Crippen LogP contribution in [0.5, 0.6) is 0 Å². The Labute approximate surface area is 117 Å². The predicted octanol–water partition coefficient (Wildman–Crippen LogP) is 2.83. The summed E-state index contributed by atoms with van der Waals surface area (Å²) in [5.74, 6) is 0. The van der Waals surface area contributed by atoms with Crippen molar-refractivity contribution in [2.75, 3.05) is 14.1 Å². The molecule has 19 heavy (non-hydrogen) atoms. The lowest BCUT2D eigenvalue weighted by molar-refractivity contribution is 0.0960. The zero-order valence-electron chi connectivity index (χ0n) is 13.2. The summed E-state index contributed by atoms with van der Waals surface area (Å²) >= 11 is 0. The number of fused-ring (bicyclic) bond motifs is 1. The smallest absolute Gasteiger partial charge is 0.0812 e. The van der Waals surface area contributed by atoms with Crippen molar-refractivity contribution in [3.63, 3.8) is 0 Å². The Bertz CT molecular complexity index is 457. The highest BCUT2D eigenvalue weighted by Gasteiger charge is 2.34. The second kappa shape index (κ2) is 4.64. The second-order valence-corrected chi connectivity index (χ2v) is 7.61. The van der Waals surface area contributed by atoms with E-state index in [0.717, 1.165) is 24.9 Å². The van der Waals surface area contributed by atoms with Gasteiger partial charge in [0.2, 0.25) is 0 Å². The monoisotopic (exact) mass is 264 g/mol. The van der Waals surface area contributed by atoms with Crippen LogP contribution < -0.4 is 0 Å². The number of hydrogen-bond acceptors (Lipinski definition) is 2. The maximum Gasteiger partial charge on any atom is 0.0812 e. The summed E-state index contributed by atoms with van der Waals surface area (Å²) in [6.45, 7) is 9.95. The Kier molecular flexibility index (Phi) is 3.56. The third kappa shape index (κ3) is 2.87. The number of hydrogen-bond donors (Lipinski definition) is 1. The van der Waals surface area contributed by atoms with Gasteiger partial charge in [-0.15, -0.1) is 0 Å². The molecule has 1 aromatic heterocycles. The maximum absolute atomic E-state index is 10.3. The normalized spacial score (nSPS) is 22.6. The topological polar surface area (TPSA) is 28.4 Å². The number of nitrogens with zero attached hydrogens (tertiary/aromatic N) is 2. The molecule has 2 rings (SSSR count). The van der Waals surface area contributed by atoms with E-state index < -0.39 is 0 Å². The SMILES string of the molecule is CN(C)C(C)(C)Cn1ccc2c1CC(C)(C)CC2O. The highest BCUT2D eigenvalue weighted by Crippen LogP contribution is 2.41. The number of likely N-dealkylation sites (N-methyl/N-ethyl adjacent to an activating group) is 1. The second-order valence-electron chi connectivity index (χ2n) is 7.61. The Hall–Kier alpha value is -0.800. The van der Waals surface area contributed by atoms with Gasteiger partial charge in [-0.1, -0.05) is 13.8 Å². The van der Waals surface area contributed by atoms with Crippen LogP contribution >= 0.6 is 0 Å². The first-order valence-electron chi connectivity index (χ1n) is 7.16. The summed E-state index contributed by atoms with van der Waals surface area (Å²) in [6.07, 6.45) is 3.75. The van der Waals surface area contributed by atoms with E-state index in [0.29, 0.717) is 0 Å². The molecule has 3 heteroatoms. The van der Waals surface area contributed by atoms with Crippen LogP contribution in [0.3, 0.4) is 0 Å². The van der Waals surface area contributed by atoms with Crippen molar-refractivity contribution in [3.05, 3.63) is 23.5 Å². The molecular weight excluding hydrogens is 236 g/mol. The third-order valence-electron chi connectivity index (χ3n) is 4.63. The van der Waals surface area contributed by atoms with E-state index >= 15 is 0 Å². The number of aliphatic hydroxyl groups is 1. The Morgan fingerprint density at radius 1 is 1.42 bits per heavy atom. The molecule has 1 N–H and O–H groups in total. The van der Waals surface area contributed by atoms with Crippen LogP contribution in [0.15, 0.2) is 12.3 Å². The number of rotatable bonds is 3. The fourth-order valence-corrected chi connectivity index (χ4v) is 2.89. The Balaban J connectivity index is 2.31. The van der Waals surface area contributed by atoms with Gasteiger partial charge in [-0.05, 0) is 52.3 Å². The van der Waals surface area contributed by atoms with Crippen molar-refractivity contribution >= 4 is 0 Å². The van der Waals surface area contributed by atoms with Gasteiger partial charge in [0.1, 0.15) is 0 Å². The Morgan fingerprint density at radius 2 is 2.05 bits per heavy atom. The summed E-state index contributed by atoms with van der Waals surface area (Å²) < 4.78 is 2.33. The lowest BCUT2D eigenvalue weighted by Crippen LogP contribution is -2.42. The predicted molar refractivity (Wildman–Crippen MR) is 79.3 cm³/mol. The molecule has 0 aliphatic heterocycles. The van der Waals surface area contributed by atoms with Crippen molar-refractivity contribution in [1.82, 2.24) is 9.47 Å². The quantitative estimate of drug-likeness (QED) is 0.909. The highest BCUT2D eigenvalue weighted by molar-refractivity contribution is 5.29. The summed E-state index contributed by atoms with van der Waals surface area (Å²) in [7, 11) is 4.24. The Morgan fingerprint density at radius 3 is 2.63 bits per heavy atom. The molecule has 0 saturated carbocycles. The maximum atomic E-state index is 10.3. The molecule has 0 amide bonds. The van der Waals surface area contributed by atoms with Crippen molar-refractivity contribution in [3.8, 4) is 0 Å². The van der Waals surface area contributed by atoms with E-state index in [1.807, 2.05) is 0 Å². The van der Waals surface area contributed by atoms with Crippen molar-refractivity contribution < 1.29 is 5.11 Å². The average Bonchev–Trinajstić information content (AvgIpc) is 2.59. The van der Waals surface area contributed by atoms with Crippen molar-refractivity contribution in [2.45, 2.75) is 58.7 Å². The molecule has 108 valence electrons. The zero-order valence-corrected chi connectivity index (χ0v) is 13.2. The molecule has 1 aliphatic carbocycles. The molecule has 0 aromatic carbocycles. The van der Waals surface area contributed by atoms with Crippen LogP contribution in [0.4, 0.5) is 0 Å². The first kappa shape index (κ1) is 14.6. The molecule has 0 bridgehead atoms. The lowest BCUT2D eigenvalue weighted by Gasteiger charge is -2.37. The van der Waals surface area contributed by atoms with Crippen LogP contribution in [0.25, 0.3) is 0 Å². The van der Waals surface area contributed by atoms with Gasteiger partial charge in [-0.25, -0.2) is 0 Å². The minimum absolute atomic E-state index is 0.110. The minimum atomic E-state index is -0.303. The summed E-state index contributed by atoms with van der Waals surface area (Å²) in [5.41, 5.74) is 2.75. The average molecular weight is 264 g/mol. The van der Waals surface area contributed by atoms with Crippen LogP contribution in [-0.2, 0) is 13.0 Å². The molecule has 0 radical (unpaired) electrons. The van der Waals surface area contributed by atoms with E-state index in [9.17, 15) is 5.11 Å². The number of aliphatic hydroxyl groups excluding tert-OH is 1. The first-order chi connectivity index (χ1) is 8.62. The molecular formula is C16H28N2O. The van der Waals surface area contributed by atoms with E-state index in [2.05, 4.69) is 63.5 Å². The van der Waals surface area contributed by atoms with Crippen molar-refractivity contribution in [2.24, 2.45) is 5.41 Å². The van der Waals surface area contributed by atoms with Crippen LogP contribution in [-0.4, -0.2) is 34.2 Å². The fraction of sp³-hybridized carbons (Fsp3) is 0.750. The van der Waals surface area contributed by atoms with Gasteiger partial charge in [0.25, 0.3) is 0 Å². The van der Waals surface area contributed by atoms with Gasteiger partial charge in [0.15, 0.2) is 0 Å². The summed E-state index contributed by atoms with van der Waals surface area (Å²) in [5, 5.41) is 10.3. The zero-order chi connectivity index (χ0) is 14.4. The van der Waals surface area contributed by atoms with E-state index in [1.54, 1.807) is 0 Å². The van der Waals surface area contributed by atoms with Gasteiger partial charge in [-0.2, -0.15) is 0 Å². The molecule has 1 aromatic rings. The van der Waals surface area contributed by atoms with Crippen LogP contribution in [0, 0.1) is 5.41 Å². The van der Waals surface area contributed by atoms with E-state index in [4.69, 9.17) is 0 Å². The largest absolute Gasteiger partial charge is 0.388 e. The molecule has 1 heterocycles. The molecule has 0 fully saturated rings. The summed E-state index contributed by atoms with van der Waals surface area (Å²) in [4.78, 5) is 2.25. The van der Waals surface area contributed by atoms with Crippen LogP contribution in [0.2, 0.25) is 0 Å². The van der Waals surface area contributed by atoms with Gasteiger partial charge < -0.3 is 14.6 Å². The highest BCUT2D eigenvalue weighted by atomic mass is 16.3. The van der Waals surface area contributed by atoms with Gasteiger partial charge in [-0.3, -0.25) is 0 Å². The number of aromatic nitrogens is 1. The fourth-order valence-electron chi connectivity index (χ4n) is 2.89.